The van der Waals surface area contributed by atoms with Crippen molar-refractivity contribution in [1.29, 1.82) is 0 Å². The van der Waals surface area contributed by atoms with Crippen LogP contribution in [0.15, 0.2) is 53.4 Å². The molecule has 0 saturated carbocycles. The van der Waals surface area contributed by atoms with Crippen LogP contribution in [0.5, 0.6) is 0 Å². The maximum atomic E-state index is 14.0. The number of halogens is 1. The van der Waals surface area contributed by atoms with Gasteiger partial charge in [-0.2, -0.15) is 4.72 Å². The van der Waals surface area contributed by atoms with Gasteiger partial charge in [0, 0.05) is 13.0 Å². The van der Waals surface area contributed by atoms with E-state index in [-0.39, 0.29) is 5.91 Å². The van der Waals surface area contributed by atoms with Crippen LogP contribution >= 0.6 is 0 Å². The molecule has 1 aliphatic rings. The van der Waals surface area contributed by atoms with E-state index in [4.69, 9.17) is 4.74 Å². The third kappa shape index (κ3) is 5.97. The molecule has 9 nitrogen and oxygen atoms in total. The fourth-order valence-corrected chi connectivity index (χ4v) is 4.89. The van der Waals surface area contributed by atoms with Gasteiger partial charge in [0.05, 0.1) is 11.4 Å². The molecule has 1 aliphatic heterocycles. The van der Waals surface area contributed by atoms with E-state index in [0.29, 0.717) is 24.3 Å². The van der Waals surface area contributed by atoms with Crippen molar-refractivity contribution in [3.8, 4) is 0 Å². The molecule has 2 aromatic rings. The number of carbonyl (C=O) groups excluding carboxylic acids is 3. The molecule has 2 amide bonds. The normalized spacial score (nSPS) is 14.8. The molecule has 0 aliphatic carbocycles. The number of sulfonamides is 1. The van der Waals surface area contributed by atoms with E-state index in [2.05, 4.69) is 10.0 Å². The number of carbonyl (C=O) groups is 3. The first-order valence-corrected chi connectivity index (χ1v) is 12.2. The summed E-state index contributed by atoms with van der Waals surface area (Å²) in [4.78, 5) is 38.1. The van der Waals surface area contributed by atoms with Crippen molar-refractivity contribution >= 4 is 39.2 Å². The number of esters is 1. The zero-order valence-corrected chi connectivity index (χ0v) is 19.6. The summed E-state index contributed by atoms with van der Waals surface area (Å²) >= 11 is 0. The van der Waals surface area contributed by atoms with Crippen molar-refractivity contribution in [3.05, 3.63) is 54.3 Å². The number of para-hydroxylation sites is 2. The molecule has 0 bridgehead atoms. The number of anilines is 2. The molecule has 182 valence electrons. The van der Waals surface area contributed by atoms with Crippen LogP contribution in [0.25, 0.3) is 0 Å². The zero-order chi connectivity index (χ0) is 24.9. The molecule has 0 unspecified atom stereocenters. The molecule has 1 heterocycles. The van der Waals surface area contributed by atoms with E-state index in [1.54, 1.807) is 43.0 Å². The zero-order valence-electron chi connectivity index (χ0n) is 18.8. The largest absolute Gasteiger partial charge is 0.454 e. The lowest BCUT2D eigenvalue weighted by Gasteiger charge is -2.21. The molecule has 11 heteroatoms. The third-order valence-electron chi connectivity index (χ3n) is 5.22. The fourth-order valence-electron chi connectivity index (χ4n) is 3.48. The van der Waals surface area contributed by atoms with Gasteiger partial charge in [0.15, 0.2) is 6.61 Å². The molecule has 3 rings (SSSR count). The summed E-state index contributed by atoms with van der Waals surface area (Å²) in [5.41, 5.74) is 0.932. The van der Waals surface area contributed by atoms with E-state index in [1.807, 2.05) is 0 Å². The lowest BCUT2D eigenvalue weighted by molar-refractivity contribution is -0.150. The van der Waals surface area contributed by atoms with Crippen LogP contribution < -0.4 is 14.9 Å². The molecule has 2 aromatic carbocycles. The van der Waals surface area contributed by atoms with Crippen LogP contribution in [0, 0.1) is 11.7 Å². The average Bonchev–Trinajstić information content (AvgIpc) is 3.22. The second-order valence-electron chi connectivity index (χ2n) is 8.10. The van der Waals surface area contributed by atoms with Gasteiger partial charge >= 0.3 is 5.97 Å². The van der Waals surface area contributed by atoms with Crippen molar-refractivity contribution in [1.82, 2.24) is 4.72 Å². The van der Waals surface area contributed by atoms with Gasteiger partial charge < -0.3 is 15.0 Å². The summed E-state index contributed by atoms with van der Waals surface area (Å²) in [5, 5.41) is 2.61. The molecule has 0 spiro atoms. The lowest BCUT2D eigenvalue weighted by Crippen LogP contribution is -2.46. The number of ether oxygens (including phenoxy) is 1. The van der Waals surface area contributed by atoms with Crippen molar-refractivity contribution in [2.24, 2.45) is 5.92 Å². The maximum absolute atomic E-state index is 14.0. The molecule has 0 aromatic heterocycles. The van der Waals surface area contributed by atoms with Gasteiger partial charge in [0.1, 0.15) is 16.8 Å². The van der Waals surface area contributed by atoms with Crippen LogP contribution in [-0.2, 0) is 29.1 Å². The summed E-state index contributed by atoms with van der Waals surface area (Å²) in [6.07, 6.45) is 1.15. The topological polar surface area (TPSA) is 122 Å². The van der Waals surface area contributed by atoms with Crippen LogP contribution in [0.3, 0.4) is 0 Å². The Labute approximate surface area is 197 Å². The number of benzene rings is 2. The Bertz CT molecular complexity index is 1180. The Hall–Kier alpha value is -3.31. The summed E-state index contributed by atoms with van der Waals surface area (Å²) in [6, 6.07) is 10.2. The molecular formula is C23H26FN3O6S. The highest BCUT2D eigenvalue weighted by molar-refractivity contribution is 7.89. The highest BCUT2D eigenvalue weighted by Gasteiger charge is 2.31. The number of rotatable bonds is 9. The minimum atomic E-state index is -4.35. The minimum Gasteiger partial charge on any atom is -0.454 e. The summed E-state index contributed by atoms with van der Waals surface area (Å²) in [6.45, 7) is 3.03. The van der Waals surface area contributed by atoms with Crippen LogP contribution in [0.1, 0.15) is 26.7 Å². The first kappa shape index (κ1) is 25.3. The predicted octanol–water partition coefficient (Wildman–Crippen LogP) is 2.44. The Morgan fingerprint density at radius 3 is 2.44 bits per heavy atom. The molecule has 34 heavy (non-hydrogen) atoms. The first-order chi connectivity index (χ1) is 16.1. The standard InChI is InChI=1S/C23H26FN3O6S/c1-15(2)22(26-34(31,32)19-11-6-3-8-16(19)24)23(30)33-14-20(28)25-17-9-4-5-10-18(17)27-13-7-12-21(27)29/h3-6,8-11,15,22,26H,7,12-14H2,1-2H3,(H,25,28)/t22-/m0/s1. The van der Waals surface area contributed by atoms with E-state index in [0.717, 1.165) is 18.6 Å². The number of nitrogens with zero attached hydrogens (tertiary/aromatic N) is 1. The van der Waals surface area contributed by atoms with E-state index in [9.17, 15) is 27.2 Å². The monoisotopic (exact) mass is 491 g/mol. The van der Waals surface area contributed by atoms with Gasteiger partial charge in [0.25, 0.3) is 5.91 Å². The van der Waals surface area contributed by atoms with Crippen molar-refractivity contribution in [3.63, 3.8) is 0 Å². The number of hydrogen-bond donors (Lipinski definition) is 2. The van der Waals surface area contributed by atoms with E-state index in [1.165, 1.54) is 12.1 Å². The fraction of sp³-hybridized carbons (Fsp3) is 0.348. The van der Waals surface area contributed by atoms with Gasteiger partial charge in [-0.05, 0) is 36.6 Å². The van der Waals surface area contributed by atoms with Gasteiger partial charge in [-0.25, -0.2) is 12.8 Å². The maximum Gasteiger partial charge on any atom is 0.324 e. The molecule has 2 N–H and O–H groups in total. The Balaban J connectivity index is 1.64. The number of hydrogen-bond acceptors (Lipinski definition) is 6. The third-order valence-corrected chi connectivity index (χ3v) is 6.69. The highest BCUT2D eigenvalue weighted by atomic mass is 32.2. The van der Waals surface area contributed by atoms with E-state index < -0.39 is 51.2 Å². The van der Waals surface area contributed by atoms with E-state index >= 15 is 0 Å². The summed E-state index contributed by atoms with van der Waals surface area (Å²) in [7, 11) is -4.35. The van der Waals surface area contributed by atoms with Crippen LogP contribution in [0.4, 0.5) is 15.8 Å². The minimum absolute atomic E-state index is 0.0463. The van der Waals surface area contributed by atoms with Crippen LogP contribution in [0.2, 0.25) is 0 Å². The smallest absolute Gasteiger partial charge is 0.324 e. The van der Waals surface area contributed by atoms with Gasteiger partial charge in [-0.3, -0.25) is 14.4 Å². The Kier molecular flexibility index (Phi) is 8.00. The SMILES string of the molecule is CC(C)[C@H](NS(=O)(=O)c1ccccc1F)C(=O)OCC(=O)Nc1ccccc1N1CCCC1=O. The molecule has 1 saturated heterocycles. The number of amides is 2. The molecule has 1 atom stereocenters. The lowest BCUT2D eigenvalue weighted by atomic mass is 10.1. The summed E-state index contributed by atoms with van der Waals surface area (Å²) < 4.78 is 46.3. The summed E-state index contributed by atoms with van der Waals surface area (Å²) in [5.74, 6) is -3.19. The van der Waals surface area contributed by atoms with Gasteiger partial charge in [-0.1, -0.05) is 38.1 Å². The molecule has 1 fully saturated rings. The second-order valence-corrected chi connectivity index (χ2v) is 9.78. The molecular weight excluding hydrogens is 465 g/mol. The van der Waals surface area contributed by atoms with Gasteiger partial charge in [-0.15, -0.1) is 0 Å². The van der Waals surface area contributed by atoms with Crippen molar-refractivity contribution in [2.45, 2.75) is 37.6 Å². The second kappa shape index (κ2) is 10.7. The van der Waals surface area contributed by atoms with Gasteiger partial charge in [0.2, 0.25) is 15.9 Å². The molecule has 0 radical (unpaired) electrons. The Morgan fingerprint density at radius 1 is 1.12 bits per heavy atom. The first-order valence-electron chi connectivity index (χ1n) is 10.7. The average molecular weight is 492 g/mol. The Morgan fingerprint density at radius 2 is 1.79 bits per heavy atom. The number of nitrogens with one attached hydrogen (secondary N) is 2. The van der Waals surface area contributed by atoms with Crippen LogP contribution in [-0.4, -0.2) is 45.4 Å². The highest BCUT2D eigenvalue weighted by Crippen LogP contribution is 2.29. The quantitative estimate of drug-likeness (QED) is 0.520. The van der Waals surface area contributed by atoms with Crippen molar-refractivity contribution < 1.29 is 31.9 Å². The van der Waals surface area contributed by atoms with Crippen molar-refractivity contribution in [2.75, 3.05) is 23.4 Å². The predicted molar refractivity (Wildman–Crippen MR) is 123 cm³/mol.